The molecule has 0 saturated carbocycles. The van der Waals surface area contributed by atoms with E-state index < -0.39 is 0 Å². The summed E-state index contributed by atoms with van der Waals surface area (Å²) in [4.78, 5) is 14.6. The number of benzene rings is 1. The van der Waals surface area contributed by atoms with Gasteiger partial charge in [-0.3, -0.25) is 9.98 Å². The van der Waals surface area contributed by atoms with Crippen molar-refractivity contribution < 1.29 is 0 Å². The van der Waals surface area contributed by atoms with E-state index >= 15 is 0 Å². The largest absolute Gasteiger partial charge is 0.371 e. The van der Waals surface area contributed by atoms with Crippen LogP contribution in [0.1, 0.15) is 48.7 Å². The molecule has 4 heterocycles. The van der Waals surface area contributed by atoms with Crippen LogP contribution in [0, 0.1) is 6.92 Å². The van der Waals surface area contributed by atoms with Crippen LogP contribution in [0.2, 0.25) is 5.02 Å². The van der Waals surface area contributed by atoms with Crippen molar-refractivity contribution >= 4 is 34.2 Å². The summed E-state index contributed by atoms with van der Waals surface area (Å²) in [6.07, 6.45) is 4.39. The minimum absolute atomic E-state index is 0.00858. The summed E-state index contributed by atoms with van der Waals surface area (Å²) in [6.45, 7) is 7.68. The van der Waals surface area contributed by atoms with E-state index in [1.165, 1.54) is 29.7 Å². The van der Waals surface area contributed by atoms with E-state index in [-0.39, 0.29) is 12.1 Å². The first kappa shape index (κ1) is 18.3. The number of nitrogens with zero attached hydrogens (tertiary/aromatic N) is 4. The molecule has 0 aliphatic carbocycles. The van der Waals surface area contributed by atoms with E-state index in [0.717, 1.165) is 35.5 Å². The summed E-state index contributed by atoms with van der Waals surface area (Å²) in [5.74, 6) is 0. The van der Waals surface area contributed by atoms with E-state index in [0.29, 0.717) is 5.25 Å². The third-order valence-electron chi connectivity index (χ3n) is 6.03. The molecule has 1 aromatic carbocycles. The Morgan fingerprint density at radius 2 is 1.96 bits per heavy atom. The summed E-state index contributed by atoms with van der Waals surface area (Å²) in [5, 5.41) is 2.57. The number of anilines is 1. The average molecular weight is 413 g/mol. The molecule has 2 aromatic rings. The lowest BCUT2D eigenvalue weighted by Crippen LogP contribution is -2.29. The lowest BCUT2D eigenvalue weighted by molar-refractivity contribution is 0.321. The quantitative estimate of drug-likeness (QED) is 0.690. The molecule has 6 heteroatoms. The summed E-state index contributed by atoms with van der Waals surface area (Å²) in [6, 6.07) is 10.7. The molecule has 0 radical (unpaired) electrons. The number of hydrogen-bond donors (Lipinski definition) is 0. The normalized spacial score (nSPS) is 26.7. The fraction of sp³-hybridized carbons (Fsp3) is 0.455. The van der Waals surface area contributed by atoms with E-state index in [4.69, 9.17) is 16.6 Å². The predicted molar refractivity (Wildman–Crippen MR) is 119 cm³/mol. The minimum atomic E-state index is -0.00858. The van der Waals surface area contributed by atoms with Crippen molar-refractivity contribution in [3.63, 3.8) is 0 Å². The molecular weight excluding hydrogens is 388 g/mol. The second-order valence-electron chi connectivity index (χ2n) is 7.94. The molecule has 0 bridgehead atoms. The molecule has 146 valence electrons. The van der Waals surface area contributed by atoms with Crippen molar-refractivity contribution in [3.8, 4) is 0 Å². The van der Waals surface area contributed by atoms with Crippen molar-refractivity contribution in [3.05, 3.63) is 58.4 Å². The summed E-state index contributed by atoms with van der Waals surface area (Å²) in [5.41, 5.74) is 4.66. The number of pyridine rings is 1. The molecule has 0 N–H and O–H groups in total. The van der Waals surface area contributed by atoms with Crippen molar-refractivity contribution in [1.29, 1.82) is 0 Å². The van der Waals surface area contributed by atoms with Crippen LogP contribution < -0.4 is 4.90 Å². The number of aromatic nitrogens is 1. The van der Waals surface area contributed by atoms with Gasteiger partial charge in [-0.25, -0.2) is 0 Å². The maximum Gasteiger partial charge on any atom is 0.160 e. The van der Waals surface area contributed by atoms with Crippen molar-refractivity contribution in [2.24, 2.45) is 4.99 Å². The van der Waals surface area contributed by atoms with Gasteiger partial charge in [-0.1, -0.05) is 42.4 Å². The van der Waals surface area contributed by atoms with Crippen LogP contribution in [-0.4, -0.2) is 39.9 Å². The monoisotopic (exact) mass is 412 g/mol. The van der Waals surface area contributed by atoms with Gasteiger partial charge in [-0.2, -0.15) is 0 Å². The smallest absolute Gasteiger partial charge is 0.160 e. The number of halogens is 1. The van der Waals surface area contributed by atoms with Gasteiger partial charge in [0.2, 0.25) is 0 Å². The first-order valence-electron chi connectivity index (χ1n) is 10.1. The Kier molecular flexibility index (Phi) is 4.76. The molecule has 0 amide bonds. The standard InChI is InChI=1S/C22H25ClN4S/c1-14-13-27-21(20(25-22(27)28-14)17-7-3-4-10-24-17)16-8-9-18(15(2)19(16)23)26-11-5-6-12-26/h3-4,7-10,14,20-21H,5-6,11-13H2,1-2H3/t14-,20+,21-/m0/s1. The highest BCUT2D eigenvalue weighted by Gasteiger charge is 2.44. The van der Waals surface area contributed by atoms with Gasteiger partial charge in [-0.15, -0.1) is 0 Å². The molecule has 1 aromatic heterocycles. The van der Waals surface area contributed by atoms with Crippen molar-refractivity contribution in [2.45, 2.75) is 44.0 Å². The van der Waals surface area contributed by atoms with E-state index in [1.54, 1.807) is 0 Å². The molecule has 3 atom stereocenters. The zero-order valence-corrected chi connectivity index (χ0v) is 17.9. The van der Waals surface area contributed by atoms with Gasteiger partial charge < -0.3 is 9.80 Å². The van der Waals surface area contributed by atoms with Gasteiger partial charge in [0.15, 0.2) is 5.17 Å². The Morgan fingerprint density at radius 3 is 2.71 bits per heavy atom. The number of thioether (sulfide) groups is 1. The summed E-state index contributed by atoms with van der Waals surface area (Å²) < 4.78 is 0. The van der Waals surface area contributed by atoms with Gasteiger partial charge >= 0.3 is 0 Å². The molecule has 5 rings (SSSR count). The molecule has 4 nitrogen and oxygen atoms in total. The van der Waals surface area contributed by atoms with Crippen LogP contribution in [0.4, 0.5) is 5.69 Å². The predicted octanol–water partition coefficient (Wildman–Crippen LogP) is 5.23. The highest BCUT2D eigenvalue weighted by atomic mass is 35.5. The van der Waals surface area contributed by atoms with Gasteiger partial charge in [0.25, 0.3) is 0 Å². The molecule has 2 fully saturated rings. The SMILES string of the molecule is Cc1c(N2CCCC2)ccc([C@H]2[C@@H](c3ccccn3)N=C3S[C@@H](C)CN32)c1Cl. The van der Waals surface area contributed by atoms with E-state index in [1.807, 2.05) is 30.1 Å². The first-order valence-corrected chi connectivity index (χ1v) is 11.3. The van der Waals surface area contributed by atoms with Crippen LogP contribution in [-0.2, 0) is 0 Å². The maximum absolute atomic E-state index is 7.00. The van der Waals surface area contributed by atoms with Crippen LogP contribution >= 0.6 is 23.4 Å². The molecule has 0 unspecified atom stereocenters. The van der Waals surface area contributed by atoms with Crippen LogP contribution in [0.25, 0.3) is 0 Å². The number of rotatable bonds is 3. The Morgan fingerprint density at radius 1 is 1.14 bits per heavy atom. The van der Waals surface area contributed by atoms with Crippen molar-refractivity contribution in [1.82, 2.24) is 9.88 Å². The Balaban J connectivity index is 1.57. The van der Waals surface area contributed by atoms with Gasteiger partial charge in [0.1, 0.15) is 6.04 Å². The molecular formula is C22H25ClN4S. The number of hydrogen-bond acceptors (Lipinski definition) is 5. The van der Waals surface area contributed by atoms with Crippen LogP contribution in [0.5, 0.6) is 0 Å². The summed E-state index contributed by atoms with van der Waals surface area (Å²) >= 11 is 8.87. The molecule has 2 saturated heterocycles. The van der Waals surface area contributed by atoms with Gasteiger partial charge in [-0.05, 0) is 49.1 Å². The number of aliphatic imine (C=N–C) groups is 1. The second kappa shape index (κ2) is 7.27. The van der Waals surface area contributed by atoms with Crippen molar-refractivity contribution in [2.75, 3.05) is 24.5 Å². The lowest BCUT2D eigenvalue weighted by Gasteiger charge is -2.30. The topological polar surface area (TPSA) is 31.7 Å². The zero-order valence-electron chi connectivity index (χ0n) is 16.3. The minimum Gasteiger partial charge on any atom is -0.371 e. The molecule has 3 aliphatic rings. The lowest BCUT2D eigenvalue weighted by atomic mass is 9.94. The third kappa shape index (κ3) is 3.00. The Hall–Kier alpha value is -1.72. The maximum atomic E-state index is 7.00. The van der Waals surface area contributed by atoms with Crippen LogP contribution in [0.3, 0.4) is 0 Å². The number of amidine groups is 1. The highest BCUT2D eigenvalue weighted by Crippen LogP contribution is 2.50. The molecule has 3 aliphatic heterocycles. The third-order valence-corrected chi connectivity index (χ3v) is 7.64. The molecule has 0 spiro atoms. The Bertz CT molecular complexity index is 910. The second-order valence-corrected chi connectivity index (χ2v) is 9.73. The molecule has 28 heavy (non-hydrogen) atoms. The van der Waals surface area contributed by atoms with E-state index in [9.17, 15) is 0 Å². The fourth-order valence-electron chi connectivity index (χ4n) is 4.68. The summed E-state index contributed by atoms with van der Waals surface area (Å²) in [7, 11) is 0. The fourth-order valence-corrected chi connectivity index (χ4v) is 6.04. The van der Waals surface area contributed by atoms with Gasteiger partial charge in [0.05, 0.1) is 16.8 Å². The Labute approximate surface area is 176 Å². The van der Waals surface area contributed by atoms with Crippen LogP contribution in [0.15, 0.2) is 41.5 Å². The van der Waals surface area contributed by atoms with Gasteiger partial charge in [0, 0.05) is 36.8 Å². The highest BCUT2D eigenvalue weighted by molar-refractivity contribution is 8.14. The van der Waals surface area contributed by atoms with E-state index in [2.05, 4.69) is 46.8 Å². The number of fused-ring (bicyclic) bond motifs is 1. The average Bonchev–Trinajstić information content (AvgIpc) is 3.41. The first-order chi connectivity index (χ1) is 13.6. The zero-order chi connectivity index (χ0) is 19.3.